The number of ether oxygens (including phenoxy) is 7. The number of rotatable bonds is 14. The van der Waals surface area contributed by atoms with Gasteiger partial charge in [-0.2, -0.15) is 0 Å². The fourth-order valence-corrected chi connectivity index (χ4v) is 8.82. The molecule has 1 heterocycles. The summed E-state index contributed by atoms with van der Waals surface area (Å²) >= 11 is 6.16. The number of halogens is 2. The quantitative estimate of drug-likeness (QED) is 0.113. The van der Waals surface area contributed by atoms with Crippen LogP contribution in [0.25, 0.3) is 0 Å². The van der Waals surface area contributed by atoms with E-state index in [1.165, 1.54) is 41.3 Å². The minimum atomic E-state index is -3.05. The average Bonchev–Trinajstić information content (AvgIpc) is 3.81. The van der Waals surface area contributed by atoms with Gasteiger partial charge in [0.25, 0.3) is 0 Å². The number of hydrogen-bond donors (Lipinski definition) is 0. The molecule has 0 radical (unpaired) electrons. The Morgan fingerprint density at radius 3 is 1.08 bits per heavy atom. The van der Waals surface area contributed by atoms with Crippen molar-refractivity contribution in [3.8, 4) is 34.5 Å². The Morgan fingerprint density at radius 2 is 0.795 bits per heavy atom. The van der Waals surface area contributed by atoms with Gasteiger partial charge in [0.2, 0.25) is 0 Å². The smallest absolute Gasteiger partial charge is 1.00 e. The zero-order valence-corrected chi connectivity index (χ0v) is 55.8. The van der Waals surface area contributed by atoms with Crippen molar-refractivity contribution in [2.75, 3.05) is 63.0 Å². The zero-order valence-electron chi connectivity index (χ0n) is 51.4. The van der Waals surface area contributed by atoms with E-state index in [2.05, 4.69) is 6.07 Å². The van der Waals surface area contributed by atoms with Gasteiger partial charge in [-0.05, 0) is 168 Å². The molecule has 1 aliphatic heterocycles. The van der Waals surface area contributed by atoms with Crippen molar-refractivity contribution in [3.63, 3.8) is 0 Å². The van der Waals surface area contributed by atoms with Gasteiger partial charge in [-0.3, -0.25) is 0 Å². The summed E-state index contributed by atoms with van der Waals surface area (Å²) in [6, 6.07) is 19.8. The van der Waals surface area contributed by atoms with Crippen molar-refractivity contribution < 1.29 is 79.4 Å². The van der Waals surface area contributed by atoms with Crippen LogP contribution < -0.4 is 46.0 Å². The fraction of sp³-hybridized carbons (Fsp3) is 0.660. The monoisotopic (exact) mass is 1130 g/mol. The van der Waals surface area contributed by atoms with E-state index in [1.54, 1.807) is 27.4 Å². The first-order valence-corrected chi connectivity index (χ1v) is 27.2. The molecular formula is C53H94Cl2Mg2O14Si2. The molecule has 0 N–H and O–H groups in total. The Bertz CT molecular complexity index is 1840. The average molecular weight is 1130 g/mol. The summed E-state index contributed by atoms with van der Waals surface area (Å²) in [6.45, 7) is 38.0. The van der Waals surface area contributed by atoms with Gasteiger partial charge in [0.15, 0.2) is 0 Å². The second kappa shape index (κ2) is 35.2. The van der Waals surface area contributed by atoms with Crippen LogP contribution >= 0.6 is 11.6 Å². The molecule has 73 heavy (non-hydrogen) atoms. The van der Waals surface area contributed by atoms with Gasteiger partial charge in [-0.15, -0.1) is 24.3 Å². The molecule has 0 unspecified atom stereocenters. The van der Waals surface area contributed by atoms with Crippen LogP contribution in [0.3, 0.4) is 0 Å². The molecule has 0 aromatic heterocycles. The molecule has 14 nitrogen and oxygen atoms in total. The van der Waals surface area contributed by atoms with Crippen LogP contribution in [0, 0.1) is 6.07 Å². The summed E-state index contributed by atoms with van der Waals surface area (Å²) in [4.78, 5) is 0. The molecule has 0 atom stereocenters. The summed E-state index contributed by atoms with van der Waals surface area (Å²) in [5.41, 5.74) is -1.51. The van der Waals surface area contributed by atoms with Crippen molar-refractivity contribution in [3.05, 3.63) is 65.7 Å². The van der Waals surface area contributed by atoms with E-state index in [-0.39, 0.29) is 95.0 Å². The molecule has 1 fully saturated rings. The Kier molecular flexibility index (Phi) is 37.7. The van der Waals surface area contributed by atoms with Gasteiger partial charge in [-0.1, -0.05) is 11.6 Å². The first-order valence-electron chi connectivity index (χ1n) is 23.5. The first kappa shape index (κ1) is 78.2. The normalized spacial score (nSPS) is 12.8. The van der Waals surface area contributed by atoms with Gasteiger partial charge in [0.05, 0.1) is 21.4 Å². The molecule has 4 rings (SSSR count). The maximum Gasteiger partial charge on any atom is 2.00 e. The fourth-order valence-electron chi connectivity index (χ4n) is 5.69. The van der Waals surface area contributed by atoms with E-state index in [1.807, 2.05) is 173 Å². The first-order chi connectivity index (χ1) is 31.9. The van der Waals surface area contributed by atoms with Crippen LogP contribution in [0.5, 0.6) is 34.5 Å². The van der Waals surface area contributed by atoms with Crippen LogP contribution in [0.1, 0.15) is 140 Å². The summed E-state index contributed by atoms with van der Waals surface area (Å²) in [5, 5.41) is 1.32. The number of benzene rings is 3. The standard InChI is InChI=1S/C17H30O5Si.C14H21ClO2.C14H21O2.C4H12O4Si.C4H8O.ClH.2Mg.2H/c1-16(2,3)21-13-10-11-14(22-17(4,5)6)15(12-13)23(18-7,19-8)20-9;1-13(2,3)16-10-7-8-12(11(15)9-10)17-14(4,5)6;1-13(2,3)15-11-7-9-12(10-8-11)16-14(4,5)6;1-5-9(6-2,7-3)8-4;1-2-4-5-3-1;;;;;/h10-12H,1-9H3;7-9H,1-6H3;7-9H,1-6H3;1-4H3;1-4H2;1H;;;;/q;;-1;;;;2*+2;2*-1/p-1. The third-order valence-corrected chi connectivity index (χ3v) is 13.1. The van der Waals surface area contributed by atoms with E-state index in [4.69, 9.17) is 75.7 Å². The van der Waals surface area contributed by atoms with Gasteiger partial charge in [0.1, 0.15) is 45.4 Å². The molecule has 0 bridgehead atoms. The molecule has 416 valence electrons. The molecule has 3 aromatic rings. The Hall–Kier alpha value is -1.31. The summed E-state index contributed by atoms with van der Waals surface area (Å²) in [5.74, 6) is 4.39. The van der Waals surface area contributed by atoms with Crippen LogP contribution in [-0.4, -0.2) is 161 Å². The topological polar surface area (TPSA) is 129 Å². The third-order valence-electron chi connectivity index (χ3n) is 8.09. The molecule has 0 spiro atoms. The SMILES string of the molecule is C1CCOC1.CC(C)(C)Oc1[c-]cc(OC(C)(C)C)cc1.CC(C)(C)Oc1ccc(OC(C)(C)C)c(Cl)c1.CO[Si](OC)(OC)OC.CO[Si](OC)(OC)c1cc(OC(C)(C)C)ccc1OC(C)(C)C.[Cl-].[H-].[H-].[Mg+2].[Mg+2]. The van der Waals surface area contributed by atoms with Crippen LogP contribution in [0.4, 0.5) is 0 Å². The molecule has 20 heteroatoms. The van der Waals surface area contributed by atoms with Gasteiger partial charge in [0, 0.05) is 80.5 Å². The minimum absolute atomic E-state index is 0. The predicted octanol–water partition coefficient (Wildman–Crippen LogP) is 8.93. The molecule has 0 aliphatic carbocycles. The molecule has 0 saturated carbocycles. The molecule has 3 aromatic carbocycles. The van der Waals surface area contributed by atoms with Gasteiger partial charge in [-0.25, -0.2) is 0 Å². The molecule has 1 saturated heterocycles. The van der Waals surface area contributed by atoms with Crippen molar-refractivity contribution >= 4 is 80.7 Å². The van der Waals surface area contributed by atoms with E-state index >= 15 is 0 Å². The largest absolute Gasteiger partial charge is 2.00 e. The van der Waals surface area contributed by atoms with Crippen molar-refractivity contribution in [2.24, 2.45) is 0 Å². The summed E-state index contributed by atoms with van der Waals surface area (Å²) < 4.78 is 76.1. The molecule has 0 amide bonds. The summed E-state index contributed by atoms with van der Waals surface area (Å²) in [6.07, 6.45) is 2.56. The summed E-state index contributed by atoms with van der Waals surface area (Å²) in [7, 11) is 4.96. The Labute approximate surface area is 491 Å². The predicted molar refractivity (Wildman–Crippen MR) is 299 cm³/mol. The minimum Gasteiger partial charge on any atom is -1.00 e. The molecular weight excluding hydrogens is 1040 g/mol. The van der Waals surface area contributed by atoms with Crippen LogP contribution in [-0.2, 0) is 35.7 Å². The Balaban J connectivity index is -0.000000207. The maximum atomic E-state index is 6.16. The van der Waals surface area contributed by atoms with E-state index < -0.39 is 17.9 Å². The van der Waals surface area contributed by atoms with Crippen molar-refractivity contribution in [1.82, 2.24) is 0 Å². The zero-order chi connectivity index (χ0) is 54.4. The van der Waals surface area contributed by atoms with Crippen molar-refractivity contribution in [2.45, 2.75) is 171 Å². The number of hydrogen-bond acceptors (Lipinski definition) is 14. The van der Waals surface area contributed by atoms with Crippen LogP contribution in [0.15, 0.2) is 54.6 Å². The third kappa shape index (κ3) is 35.7. The van der Waals surface area contributed by atoms with E-state index in [9.17, 15) is 0 Å². The van der Waals surface area contributed by atoms with Crippen LogP contribution in [0.2, 0.25) is 5.02 Å². The molecule has 1 aliphatic rings. The second-order valence-electron chi connectivity index (χ2n) is 21.7. The van der Waals surface area contributed by atoms with Gasteiger partial charge >= 0.3 is 64.0 Å². The maximum absolute atomic E-state index is 6.16. The second-order valence-corrected chi connectivity index (χ2v) is 27.6. The van der Waals surface area contributed by atoms with E-state index in [0.717, 1.165) is 41.4 Å². The van der Waals surface area contributed by atoms with Gasteiger partial charge < -0.3 is 79.4 Å². The van der Waals surface area contributed by atoms with E-state index in [0.29, 0.717) is 16.5 Å². The Morgan fingerprint density at radius 1 is 0.452 bits per heavy atom. The van der Waals surface area contributed by atoms with Crippen molar-refractivity contribution in [1.29, 1.82) is 0 Å².